The Morgan fingerprint density at radius 3 is 2.57 bits per heavy atom. The summed E-state index contributed by atoms with van der Waals surface area (Å²) in [6, 6.07) is 7.00. The normalized spacial score (nSPS) is 15.3. The highest BCUT2D eigenvalue weighted by Gasteiger charge is 2.28. The van der Waals surface area contributed by atoms with Gasteiger partial charge in [0.05, 0.1) is 0 Å². The fourth-order valence-corrected chi connectivity index (χ4v) is 2.44. The Hall–Kier alpha value is -2.04. The van der Waals surface area contributed by atoms with Crippen molar-refractivity contribution in [1.82, 2.24) is 10.6 Å². The van der Waals surface area contributed by atoms with Gasteiger partial charge in [0.2, 0.25) is 5.91 Å². The highest BCUT2D eigenvalue weighted by Crippen LogP contribution is 2.27. The molecule has 5 nitrogen and oxygen atoms in total. The molecule has 0 saturated carbocycles. The summed E-state index contributed by atoms with van der Waals surface area (Å²) in [5.41, 5.74) is 1.80. The maximum Gasteiger partial charge on any atom is 0.315 e. The average molecular weight is 289 g/mol. The van der Waals surface area contributed by atoms with Gasteiger partial charge < -0.3 is 15.5 Å². The number of anilines is 1. The maximum atomic E-state index is 12.5. The molecule has 1 aromatic carbocycles. The lowest BCUT2D eigenvalue weighted by Gasteiger charge is -2.25. The van der Waals surface area contributed by atoms with E-state index in [1.165, 1.54) is 5.56 Å². The van der Waals surface area contributed by atoms with Gasteiger partial charge in [-0.05, 0) is 45.7 Å². The van der Waals surface area contributed by atoms with E-state index in [1.807, 2.05) is 45.0 Å². The van der Waals surface area contributed by atoms with Gasteiger partial charge in [0.1, 0.15) is 6.04 Å². The molecule has 2 N–H and O–H groups in total. The summed E-state index contributed by atoms with van der Waals surface area (Å²) < 4.78 is 0. The molecule has 5 heteroatoms. The first kappa shape index (κ1) is 15.4. The van der Waals surface area contributed by atoms with Crippen LogP contribution >= 0.6 is 0 Å². The molecule has 1 aliphatic heterocycles. The zero-order chi connectivity index (χ0) is 15.6. The number of para-hydroxylation sites is 1. The molecule has 0 aliphatic carbocycles. The summed E-state index contributed by atoms with van der Waals surface area (Å²) in [6.07, 6.45) is 0.864. The van der Waals surface area contributed by atoms with E-state index in [4.69, 9.17) is 0 Å². The van der Waals surface area contributed by atoms with Crippen LogP contribution in [0, 0.1) is 0 Å². The van der Waals surface area contributed by atoms with Gasteiger partial charge in [0.15, 0.2) is 0 Å². The molecule has 0 unspecified atom stereocenters. The highest BCUT2D eigenvalue weighted by molar-refractivity contribution is 6.00. The Balaban J connectivity index is 1.99. The van der Waals surface area contributed by atoms with Crippen LogP contribution in [-0.4, -0.2) is 30.1 Å². The first-order valence-corrected chi connectivity index (χ1v) is 7.26. The molecule has 0 spiro atoms. The van der Waals surface area contributed by atoms with Crippen molar-refractivity contribution in [2.24, 2.45) is 0 Å². The molecular weight excluding hydrogens is 266 g/mol. The highest BCUT2D eigenvalue weighted by atomic mass is 16.2. The molecule has 1 atom stereocenters. The van der Waals surface area contributed by atoms with Crippen molar-refractivity contribution in [3.8, 4) is 0 Å². The van der Waals surface area contributed by atoms with Crippen LogP contribution in [0.2, 0.25) is 0 Å². The predicted molar refractivity (Wildman–Crippen MR) is 83.4 cm³/mol. The summed E-state index contributed by atoms with van der Waals surface area (Å²) in [7, 11) is 0. The van der Waals surface area contributed by atoms with Crippen LogP contribution in [0.15, 0.2) is 24.3 Å². The third kappa shape index (κ3) is 3.74. The summed E-state index contributed by atoms with van der Waals surface area (Å²) in [6.45, 7) is 8.08. The quantitative estimate of drug-likeness (QED) is 0.875. The Morgan fingerprint density at radius 1 is 1.24 bits per heavy atom. The van der Waals surface area contributed by atoms with E-state index in [1.54, 1.807) is 11.8 Å². The van der Waals surface area contributed by atoms with Crippen molar-refractivity contribution >= 4 is 17.6 Å². The van der Waals surface area contributed by atoms with Crippen molar-refractivity contribution in [3.63, 3.8) is 0 Å². The van der Waals surface area contributed by atoms with Crippen LogP contribution in [0.25, 0.3) is 0 Å². The zero-order valence-electron chi connectivity index (χ0n) is 13.1. The number of carbonyl (C=O) groups is 2. The van der Waals surface area contributed by atoms with Crippen molar-refractivity contribution in [3.05, 3.63) is 29.8 Å². The number of hydrogen-bond acceptors (Lipinski definition) is 2. The SMILES string of the molecule is C[C@@H](NC(=O)NC(C)(C)C)C(=O)N1CCc2ccccc21. The van der Waals surface area contributed by atoms with E-state index in [2.05, 4.69) is 10.6 Å². The number of benzene rings is 1. The molecule has 0 radical (unpaired) electrons. The van der Waals surface area contributed by atoms with Crippen LogP contribution in [0.5, 0.6) is 0 Å². The molecule has 3 amide bonds. The zero-order valence-corrected chi connectivity index (χ0v) is 13.1. The van der Waals surface area contributed by atoms with Crippen LogP contribution in [-0.2, 0) is 11.2 Å². The first-order valence-electron chi connectivity index (χ1n) is 7.26. The summed E-state index contributed by atoms with van der Waals surface area (Å²) in [4.78, 5) is 26.1. The standard InChI is InChI=1S/C16H23N3O2/c1-11(17-15(21)18-16(2,3)4)14(20)19-10-9-12-7-5-6-8-13(12)19/h5-8,11H,9-10H2,1-4H3,(H2,17,18,21)/t11-/m1/s1. The summed E-state index contributed by atoms with van der Waals surface area (Å²) in [5, 5.41) is 5.50. The Labute approximate surface area is 125 Å². The number of nitrogens with one attached hydrogen (secondary N) is 2. The number of carbonyl (C=O) groups excluding carboxylic acids is 2. The van der Waals surface area contributed by atoms with Crippen LogP contribution < -0.4 is 15.5 Å². The van der Waals surface area contributed by atoms with Gasteiger partial charge in [-0.2, -0.15) is 0 Å². The van der Waals surface area contributed by atoms with E-state index in [9.17, 15) is 9.59 Å². The van der Waals surface area contributed by atoms with E-state index >= 15 is 0 Å². The molecule has 0 aromatic heterocycles. The lowest BCUT2D eigenvalue weighted by atomic mass is 10.1. The number of fused-ring (bicyclic) bond motifs is 1. The minimum Gasteiger partial charge on any atom is -0.334 e. The van der Waals surface area contributed by atoms with Gasteiger partial charge in [-0.3, -0.25) is 4.79 Å². The Bertz CT molecular complexity index is 549. The van der Waals surface area contributed by atoms with E-state index < -0.39 is 6.04 Å². The topological polar surface area (TPSA) is 61.4 Å². The number of amides is 3. The van der Waals surface area contributed by atoms with Crippen LogP contribution in [0.3, 0.4) is 0 Å². The molecule has 2 rings (SSSR count). The smallest absolute Gasteiger partial charge is 0.315 e. The second-order valence-corrected chi connectivity index (χ2v) is 6.44. The number of hydrogen-bond donors (Lipinski definition) is 2. The number of urea groups is 1. The molecule has 1 heterocycles. The molecule has 1 aromatic rings. The minimum absolute atomic E-state index is 0.0796. The van der Waals surface area contributed by atoms with Crippen molar-refractivity contribution < 1.29 is 9.59 Å². The third-order valence-corrected chi connectivity index (χ3v) is 3.36. The van der Waals surface area contributed by atoms with Crippen LogP contribution in [0.4, 0.5) is 10.5 Å². The number of rotatable bonds is 2. The fourth-order valence-electron chi connectivity index (χ4n) is 2.44. The molecule has 1 aliphatic rings. The lowest BCUT2D eigenvalue weighted by molar-refractivity contribution is -0.119. The largest absolute Gasteiger partial charge is 0.334 e. The maximum absolute atomic E-state index is 12.5. The van der Waals surface area contributed by atoms with Gasteiger partial charge >= 0.3 is 6.03 Å². The minimum atomic E-state index is -0.557. The monoisotopic (exact) mass is 289 g/mol. The van der Waals surface area contributed by atoms with Gasteiger partial charge in [0, 0.05) is 17.8 Å². The van der Waals surface area contributed by atoms with Gasteiger partial charge in [-0.25, -0.2) is 4.79 Å². The van der Waals surface area contributed by atoms with Gasteiger partial charge in [-0.1, -0.05) is 18.2 Å². The molecule has 0 saturated heterocycles. The Morgan fingerprint density at radius 2 is 1.90 bits per heavy atom. The predicted octanol–water partition coefficient (Wildman–Crippen LogP) is 2.06. The van der Waals surface area contributed by atoms with E-state index in [-0.39, 0.29) is 17.5 Å². The van der Waals surface area contributed by atoms with Crippen LogP contribution in [0.1, 0.15) is 33.3 Å². The second-order valence-electron chi connectivity index (χ2n) is 6.44. The van der Waals surface area contributed by atoms with Crippen molar-refractivity contribution in [1.29, 1.82) is 0 Å². The van der Waals surface area contributed by atoms with Crippen molar-refractivity contribution in [2.75, 3.05) is 11.4 Å². The van der Waals surface area contributed by atoms with Crippen molar-refractivity contribution in [2.45, 2.75) is 45.7 Å². The third-order valence-electron chi connectivity index (χ3n) is 3.36. The molecule has 114 valence electrons. The van der Waals surface area contributed by atoms with E-state index in [0.29, 0.717) is 6.54 Å². The average Bonchev–Trinajstić information content (AvgIpc) is 2.79. The Kier molecular flexibility index (Phi) is 4.21. The van der Waals surface area contributed by atoms with Gasteiger partial charge in [-0.15, -0.1) is 0 Å². The fraction of sp³-hybridized carbons (Fsp3) is 0.500. The number of nitrogens with zero attached hydrogens (tertiary/aromatic N) is 1. The summed E-state index contributed by atoms with van der Waals surface area (Å²) in [5.74, 6) is -0.0796. The van der Waals surface area contributed by atoms with E-state index in [0.717, 1.165) is 12.1 Å². The molecular formula is C16H23N3O2. The summed E-state index contributed by atoms with van der Waals surface area (Å²) >= 11 is 0. The lowest BCUT2D eigenvalue weighted by Crippen LogP contribution is -2.53. The first-order chi connectivity index (χ1) is 9.78. The van der Waals surface area contributed by atoms with Gasteiger partial charge in [0.25, 0.3) is 0 Å². The molecule has 21 heavy (non-hydrogen) atoms. The second kappa shape index (κ2) is 5.76. The molecule has 0 bridgehead atoms. The molecule has 0 fully saturated rings.